The average molecular weight is 406 g/mol. The van der Waals surface area contributed by atoms with E-state index in [1.807, 2.05) is 62.1 Å². The van der Waals surface area contributed by atoms with E-state index >= 15 is 0 Å². The zero-order valence-corrected chi connectivity index (χ0v) is 17.5. The Balaban J connectivity index is 1.24. The van der Waals surface area contributed by atoms with Gasteiger partial charge in [-0.25, -0.2) is 0 Å². The van der Waals surface area contributed by atoms with Crippen molar-refractivity contribution >= 4 is 17.4 Å². The minimum Gasteiger partial charge on any atom is -0.491 e. The van der Waals surface area contributed by atoms with Gasteiger partial charge in [-0.15, -0.1) is 15.3 Å². The first kappa shape index (κ1) is 18.8. The van der Waals surface area contributed by atoms with Gasteiger partial charge in [0.1, 0.15) is 11.6 Å². The third-order valence-electron chi connectivity index (χ3n) is 5.98. The van der Waals surface area contributed by atoms with Crippen LogP contribution in [-0.2, 0) is 0 Å². The smallest absolute Gasteiger partial charge is 0.253 e. The normalized spacial score (nSPS) is 20.9. The Kier molecular flexibility index (Phi) is 4.56. The zero-order valence-electron chi connectivity index (χ0n) is 17.5. The highest BCUT2D eigenvalue weighted by Crippen LogP contribution is 2.34. The van der Waals surface area contributed by atoms with Gasteiger partial charge in [0.15, 0.2) is 11.5 Å². The molecule has 2 saturated heterocycles. The van der Waals surface area contributed by atoms with Gasteiger partial charge in [0.05, 0.1) is 6.10 Å². The molecule has 0 saturated carbocycles. The fourth-order valence-electron chi connectivity index (χ4n) is 4.53. The van der Waals surface area contributed by atoms with Gasteiger partial charge in [-0.1, -0.05) is 0 Å². The predicted molar refractivity (Wildman–Crippen MR) is 113 cm³/mol. The van der Waals surface area contributed by atoms with E-state index in [2.05, 4.69) is 15.1 Å². The highest BCUT2D eigenvalue weighted by molar-refractivity contribution is 5.94. The number of nitrogens with zero attached hydrogens (tertiary/aromatic N) is 6. The van der Waals surface area contributed by atoms with Crippen LogP contribution >= 0.6 is 0 Å². The molecule has 30 heavy (non-hydrogen) atoms. The van der Waals surface area contributed by atoms with Crippen LogP contribution in [-0.4, -0.2) is 62.9 Å². The maximum atomic E-state index is 13.0. The maximum Gasteiger partial charge on any atom is 0.253 e. The Bertz CT molecular complexity index is 1060. The second-order valence-electron chi connectivity index (χ2n) is 8.54. The van der Waals surface area contributed by atoms with Crippen molar-refractivity contribution in [1.82, 2.24) is 24.7 Å². The third-order valence-corrected chi connectivity index (χ3v) is 5.98. The highest BCUT2D eigenvalue weighted by Gasteiger charge is 2.42. The largest absolute Gasteiger partial charge is 0.491 e. The van der Waals surface area contributed by atoms with Gasteiger partial charge in [-0.05, 0) is 57.2 Å². The van der Waals surface area contributed by atoms with E-state index in [1.165, 1.54) is 0 Å². The lowest BCUT2D eigenvalue weighted by Crippen LogP contribution is -2.33. The first-order chi connectivity index (χ1) is 14.5. The SMILES string of the molecule is Cc1nnc2ccc(N3CC4CN(C(=O)c5ccc(OC(C)C)cc5)CC4C3)nn12. The number of aryl methyl sites for hydroxylation is 1. The van der Waals surface area contributed by atoms with Crippen molar-refractivity contribution < 1.29 is 9.53 Å². The summed E-state index contributed by atoms with van der Waals surface area (Å²) in [5.41, 5.74) is 1.48. The van der Waals surface area contributed by atoms with Crippen molar-refractivity contribution in [1.29, 1.82) is 0 Å². The Morgan fingerprint density at radius 1 is 1.00 bits per heavy atom. The maximum absolute atomic E-state index is 13.0. The van der Waals surface area contributed by atoms with Crippen molar-refractivity contribution in [3.8, 4) is 5.75 Å². The summed E-state index contributed by atoms with van der Waals surface area (Å²) in [6.07, 6.45) is 0.122. The molecule has 2 aliphatic rings. The Morgan fingerprint density at radius 2 is 1.70 bits per heavy atom. The molecule has 0 aliphatic carbocycles. The van der Waals surface area contributed by atoms with Gasteiger partial charge < -0.3 is 14.5 Å². The van der Waals surface area contributed by atoms with Crippen LogP contribution in [0.4, 0.5) is 5.82 Å². The number of hydrogen-bond donors (Lipinski definition) is 0. The molecular weight excluding hydrogens is 380 g/mol. The standard InChI is InChI=1S/C22H26N6O2/c1-14(2)30-19-6-4-16(5-7-19)22(29)27-12-17-10-26(11-18(17)13-27)21-9-8-20-24-23-15(3)28(20)25-21/h4-9,14,17-18H,10-13H2,1-3H3. The van der Waals surface area contributed by atoms with Gasteiger partial charge in [0.25, 0.3) is 5.91 Å². The summed E-state index contributed by atoms with van der Waals surface area (Å²) in [7, 11) is 0. The zero-order chi connectivity index (χ0) is 20.8. The minimum absolute atomic E-state index is 0.103. The fraction of sp³-hybridized carbons (Fsp3) is 0.455. The summed E-state index contributed by atoms with van der Waals surface area (Å²) in [5, 5.41) is 12.9. The van der Waals surface area contributed by atoms with Crippen LogP contribution in [0, 0.1) is 18.8 Å². The Hall–Kier alpha value is -3.16. The molecule has 1 aromatic carbocycles. The molecule has 0 radical (unpaired) electrons. The Morgan fingerprint density at radius 3 is 2.37 bits per heavy atom. The van der Waals surface area contributed by atoms with E-state index in [0.717, 1.165) is 54.8 Å². The summed E-state index contributed by atoms with van der Waals surface area (Å²) < 4.78 is 7.46. The van der Waals surface area contributed by atoms with E-state index in [-0.39, 0.29) is 12.0 Å². The molecule has 0 spiro atoms. The molecule has 2 fully saturated rings. The molecule has 5 rings (SSSR count). The summed E-state index contributed by atoms with van der Waals surface area (Å²) in [6, 6.07) is 11.4. The van der Waals surface area contributed by atoms with Crippen LogP contribution < -0.4 is 9.64 Å². The first-order valence-electron chi connectivity index (χ1n) is 10.5. The predicted octanol–water partition coefficient (Wildman–Crippen LogP) is 2.43. The number of benzene rings is 1. The molecule has 2 atom stereocenters. The minimum atomic E-state index is 0.103. The average Bonchev–Trinajstić information content (AvgIpc) is 3.41. The van der Waals surface area contributed by atoms with Crippen LogP contribution in [0.1, 0.15) is 30.0 Å². The van der Waals surface area contributed by atoms with E-state index in [0.29, 0.717) is 11.8 Å². The molecule has 1 amide bonds. The number of carbonyl (C=O) groups is 1. The molecule has 8 nitrogen and oxygen atoms in total. The first-order valence-corrected chi connectivity index (χ1v) is 10.5. The molecule has 8 heteroatoms. The molecule has 2 unspecified atom stereocenters. The van der Waals surface area contributed by atoms with E-state index in [9.17, 15) is 4.79 Å². The Labute approximate surface area is 175 Å². The van der Waals surface area contributed by atoms with Crippen LogP contribution in [0.2, 0.25) is 0 Å². The van der Waals surface area contributed by atoms with Crippen LogP contribution in [0.25, 0.3) is 5.65 Å². The number of anilines is 1. The third kappa shape index (κ3) is 3.36. The summed E-state index contributed by atoms with van der Waals surface area (Å²) >= 11 is 0. The number of likely N-dealkylation sites (tertiary alicyclic amines) is 1. The lowest BCUT2D eigenvalue weighted by molar-refractivity contribution is 0.0782. The topological polar surface area (TPSA) is 75.9 Å². The van der Waals surface area contributed by atoms with Crippen molar-refractivity contribution in [2.45, 2.75) is 26.9 Å². The number of aromatic nitrogens is 4. The van der Waals surface area contributed by atoms with E-state index in [4.69, 9.17) is 9.84 Å². The number of fused-ring (bicyclic) bond motifs is 2. The molecule has 2 aromatic heterocycles. The van der Waals surface area contributed by atoms with E-state index in [1.54, 1.807) is 4.52 Å². The fourth-order valence-corrected chi connectivity index (χ4v) is 4.53. The number of hydrogen-bond acceptors (Lipinski definition) is 6. The van der Waals surface area contributed by atoms with Gasteiger partial charge >= 0.3 is 0 Å². The van der Waals surface area contributed by atoms with Crippen LogP contribution in [0.15, 0.2) is 36.4 Å². The number of ether oxygens (including phenoxy) is 1. The molecule has 0 bridgehead atoms. The lowest BCUT2D eigenvalue weighted by Gasteiger charge is -2.22. The molecule has 2 aliphatic heterocycles. The highest BCUT2D eigenvalue weighted by atomic mass is 16.5. The van der Waals surface area contributed by atoms with E-state index < -0.39 is 0 Å². The second kappa shape index (κ2) is 7.27. The molecular formula is C22H26N6O2. The summed E-state index contributed by atoms with van der Waals surface area (Å²) in [4.78, 5) is 17.3. The number of amides is 1. The lowest BCUT2D eigenvalue weighted by atomic mass is 10.0. The summed E-state index contributed by atoms with van der Waals surface area (Å²) in [5.74, 6) is 3.57. The molecule has 156 valence electrons. The van der Waals surface area contributed by atoms with Gasteiger partial charge in [-0.3, -0.25) is 4.79 Å². The van der Waals surface area contributed by atoms with Crippen LogP contribution in [0.3, 0.4) is 0 Å². The quantitative estimate of drug-likeness (QED) is 0.662. The van der Waals surface area contributed by atoms with Gasteiger partial charge in [-0.2, -0.15) is 4.52 Å². The van der Waals surface area contributed by atoms with Gasteiger partial charge in [0, 0.05) is 43.6 Å². The molecule has 4 heterocycles. The number of carbonyl (C=O) groups excluding carboxylic acids is 1. The summed E-state index contributed by atoms with van der Waals surface area (Å²) in [6.45, 7) is 9.29. The molecule has 3 aromatic rings. The monoisotopic (exact) mass is 406 g/mol. The molecule has 0 N–H and O–H groups in total. The van der Waals surface area contributed by atoms with Crippen molar-refractivity contribution in [2.75, 3.05) is 31.1 Å². The van der Waals surface area contributed by atoms with Crippen LogP contribution in [0.5, 0.6) is 5.75 Å². The van der Waals surface area contributed by atoms with Crippen molar-refractivity contribution in [2.24, 2.45) is 11.8 Å². The number of rotatable bonds is 4. The van der Waals surface area contributed by atoms with Gasteiger partial charge in [0.2, 0.25) is 0 Å². The second-order valence-corrected chi connectivity index (χ2v) is 8.54. The van der Waals surface area contributed by atoms with Crippen molar-refractivity contribution in [3.05, 3.63) is 47.8 Å². The van der Waals surface area contributed by atoms with Crippen molar-refractivity contribution in [3.63, 3.8) is 0 Å².